The summed E-state index contributed by atoms with van der Waals surface area (Å²) >= 11 is 0. The van der Waals surface area contributed by atoms with Gasteiger partial charge in [-0.1, -0.05) is 24.3 Å². The number of ether oxygens (including phenoxy) is 1. The van der Waals surface area contributed by atoms with Crippen LogP contribution in [0.3, 0.4) is 0 Å². The van der Waals surface area contributed by atoms with E-state index in [1.165, 1.54) is 11.1 Å². The third kappa shape index (κ3) is 5.21. The highest BCUT2D eigenvalue weighted by molar-refractivity contribution is 5.94. The molecule has 0 saturated carbocycles. The molecule has 6 heteroatoms. The first kappa shape index (κ1) is 18.2. The minimum atomic E-state index is -0.243. The third-order valence-corrected chi connectivity index (χ3v) is 4.22. The average Bonchev–Trinajstić information content (AvgIpc) is 3.18. The Labute approximate surface area is 153 Å². The molecule has 26 heavy (non-hydrogen) atoms. The van der Waals surface area contributed by atoms with Crippen molar-refractivity contribution in [2.24, 2.45) is 10.9 Å². The first-order chi connectivity index (χ1) is 12.8. The zero-order valence-electron chi connectivity index (χ0n) is 14.7. The van der Waals surface area contributed by atoms with E-state index in [1.54, 1.807) is 0 Å². The topological polar surface area (TPSA) is 86.1 Å². The van der Waals surface area contributed by atoms with E-state index in [4.69, 9.17) is 14.9 Å². The first-order valence-electron chi connectivity index (χ1n) is 8.84. The fourth-order valence-electron chi connectivity index (χ4n) is 2.64. The number of rotatable bonds is 8. The minimum Gasteiger partial charge on any atom is -0.493 e. The smallest absolute Gasteiger partial charge is 0.195 e. The summed E-state index contributed by atoms with van der Waals surface area (Å²) in [6.07, 6.45) is 0.843. The van der Waals surface area contributed by atoms with Crippen LogP contribution in [0.4, 0.5) is 5.69 Å². The second kappa shape index (κ2) is 9.22. The maximum atomic E-state index is 9.06. The number of nitrogens with one attached hydrogen (secondary N) is 2. The second-order valence-electron chi connectivity index (χ2n) is 6.34. The molecule has 1 aliphatic heterocycles. The molecule has 2 aromatic rings. The molecule has 6 nitrogen and oxygen atoms in total. The number of aliphatic imine (C=N–C) groups is 1. The van der Waals surface area contributed by atoms with E-state index < -0.39 is 0 Å². The van der Waals surface area contributed by atoms with Crippen LogP contribution in [-0.4, -0.2) is 49.1 Å². The maximum Gasteiger partial charge on any atom is 0.195 e. The molecule has 0 aliphatic carbocycles. The van der Waals surface area contributed by atoms with Crippen molar-refractivity contribution < 1.29 is 14.9 Å². The highest BCUT2D eigenvalue weighted by atomic mass is 16.5. The van der Waals surface area contributed by atoms with Crippen LogP contribution in [-0.2, 0) is 6.42 Å². The predicted octanol–water partition coefficient (Wildman–Crippen LogP) is 1.63. The van der Waals surface area contributed by atoms with E-state index in [0.29, 0.717) is 6.61 Å². The summed E-state index contributed by atoms with van der Waals surface area (Å²) in [6, 6.07) is 16.2. The van der Waals surface area contributed by atoms with Gasteiger partial charge in [-0.3, -0.25) is 4.99 Å². The molecular weight excluding hydrogens is 330 g/mol. The molecule has 2 aromatic carbocycles. The van der Waals surface area contributed by atoms with Crippen LogP contribution in [0.1, 0.15) is 11.1 Å². The summed E-state index contributed by atoms with van der Waals surface area (Å²) in [5.41, 5.74) is 3.44. The Morgan fingerprint density at radius 1 is 1.00 bits per heavy atom. The van der Waals surface area contributed by atoms with Gasteiger partial charge < -0.3 is 25.6 Å². The van der Waals surface area contributed by atoms with Crippen LogP contribution in [0, 0.1) is 5.92 Å². The lowest BCUT2D eigenvalue weighted by atomic mass is 10.0. The van der Waals surface area contributed by atoms with E-state index in [2.05, 4.69) is 39.9 Å². The lowest BCUT2D eigenvalue weighted by Crippen LogP contribution is -2.26. The van der Waals surface area contributed by atoms with Gasteiger partial charge in [0, 0.05) is 18.2 Å². The zero-order chi connectivity index (χ0) is 18.2. The predicted molar refractivity (Wildman–Crippen MR) is 103 cm³/mol. The normalized spacial score (nSPS) is 13.4. The Morgan fingerprint density at radius 3 is 2.23 bits per heavy atom. The van der Waals surface area contributed by atoms with Crippen LogP contribution < -0.4 is 15.4 Å². The molecule has 0 unspecified atom stereocenters. The fourth-order valence-corrected chi connectivity index (χ4v) is 2.64. The van der Waals surface area contributed by atoms with Crippen molar-refractivity contribution in [3.8, 4) is 5.75 Å². The molecule has 3 rings (SSSR count). The minimum absolute atomic E-state index is 0.0805. The number of anilines is 1. The number of guanidine groups is 1. The standard InChI is InChI=1S/C20H25N3O3/c24-12-17(13-25)14-26-19-7-3-16(4-8-19)11-15-1-5-18(6-2-15)23-20-21-9-10-22-20/h1-8,17,24-25H,9-14H2,(H2,21,22,23). The van der Waals surface area contributed by atoms with Crippen molar-refractivity contribution in [2.45, 2.75) is 6.42 Å². The number of aliphatic hydroxyl groups is 2. The second-order valence-corrected chi connectivity index (χ2v) is 6.34. The molecule has 0 bridgehead atoms. The summed E-state index contributed by atoms with van der Waals surface area (Å²) < 4.78 is 5.59. The molecule has 0 spiro atoms. The lowest BCUT2D eigenvalue weighted by Gasteiger charge is -2.13. The maximum absolute atomic E-state index is 9.06. The molecule has 0 aromatic heterocycles. The molecule has 0 saturated heterocycles. The molecule has 138 valence electrons. The molecule has 0 atom stereocenters. The Morgan fingerprint density at radius 2 is 1.65 bits per heavy atom. The third-order valence-electron chi connectivity index (χ3n) is 4.22. The van der Waals surface area contributed by atoms with Gasteiger partial charge in [0.05, 0.1) is 26.4 Å². The van der Waals surface area contributed by atoms with Gasteiger partial charge >= 0.3 is 0 Å². The van der Waals surface area contributed by atoms with Gasteiger partial charge in [0.25, 0.3) is 0 Å². The van der Waals surface area contributed by atoms with Gasteiger partial charge in [-0.15, -0.1) is 0 Å². The van der Waals surface area contributed by atoms with E-state index in [1.807, 2.05) is 24.3 Å². The molecule has 0 amide bonds. The fraction of sp³-hybridized carbons (Fsp3) is 0.350. The van der Waals surface area contributed by atoms with Gasteiger partial charge in [0.1, 0.15) is 5.75 Å². The van der Waals surface area contributed by atoms with Crippen molar-refractivity contribution in [1.29, 1.82) is 0 Å². The summed E-state index contributed by atoms with van der Waals surface area (Å²) in [6.45, 7) is 1.86. The zero-order valence-corrected chi connectivity index (χ0v) is 14.7. The van der Waals surface area contributed by atoms with Crippen molar-refractivity contribution in [3.63, 3.8) is 0 Å². The van der Waals surface area contributed by atoms with E-state index in [9.17, 15) is 0 Å². The number of hydrogen-bond acceptors (Lipinski definition) is 6. The summed E-state index contributed by atoms with van der Waals surface area (Å²) in [5, 5.41) is 24.6. The Hall–Kier alpha value is -2.57. The highest BCUT2D eigenvalue weighted by Crippen LogP contribution is 2.17. The van der Waals surface area contributed by atoms with Crippen molar-refractivity contribution in [3.05, 3.63) is 59.7 Å². The summed E-state index contributed by atoms with van der Waals surface area (Å²) in [4.78, 5) is 4.32. The van der Waals surface area contributed by atoms with E-state index in [0.717, 1.165) is 36.9 Å². The number of aliphatic hydroxyl groups excluding tert-OH is 2. The number of hydrogen-bond donors (Lipinski definition) is 4. The first-order valence-corrected chi connectivity index (χ1v) is 8.84. The molecule has 0 radical (unpaired) electrons. The van der Waals surface area contributed by atoms with Crippen molar-refractivity contribution in [2.75, 3.05) is 38.2 Å². The van der Waals surface area contributed by atoms with Gasteiger partial charge in [-0.05, 0) is 41.8 Å². The largest absolute Gasteiger partial charge is 0.493 e. The van der Waals surface area contributed by atoms with Crippen molar-refractivity contribution in [1.82, 2.24) is 5.32 Å². The average molecular weight is 355 g/mol. The molecule has 1 heterocycles. The van der Waals surface area contributed by atoms with Gasteiger partial charge in [0.2, 0.25) is 0 Å². The Balaban J connectivity index is 1.52. The lowest BCUT2D eigenvalue weighted by molar-refractivity contribution is 0.106. The van der Waals surface area contributed by atoms with Crippen LogP contribution in [0.25, 0.3) is 0 Å². The molecular formula is C20H25N3O3. The van der Waals surface area contributed by atoms with Crippen LogP contribution in [0.15, 0.2) is 53.5 Å². The highest BCUT2D eigenvalue weighted by Gasteiger charge is 2.07. The van der Waals surface area contributed by atoms with E-state index >= 15 is 0 Å². The summed E-state index contributed by atoms with van der Waals surface area (Å²) in [5.74, 6) is 1.33. The SMILES string of the molecule is OCC(CO)COc1ccc(Cc2ccc(NC3=NCCN3)cc2)cc1. The molecule has 4 N–H and O–H groups in total. The quantitative estimate of drug-likeness (QED) is 0.578. The van der Waals surface area contributed by atoms with Crippen LogP contribution in [0.2, 0.25) is 0 Å². The van der Waals surface area contributed by atoms with Crippen molar-refractivity contribution >= 4 is 11.6 Å². The number of nitrogens with zero attached hydrogens (tertiary/aromatic N) is 1. The number of benzene rings is 2. The van der Waals surface area contributed by atoms with Gasteiger partial charge in [0.15, 0.2) is 5.96 Å². The van der Waals surface area contributed by atoms with Crippen LogP contribution in [0.5, 0.6) is 5.75 Å². The molecule has 1 aliphatic rings. The Kier molecular flexibility index (Phi) is 6.46. The van der Waals surface area contributed by atoms with Gasteiger partial charge in [-0.25, -0.2) is 0 Å². The summed E-state index contributed by atoms with van der Waals surface area (Å²) in [7, 11) is 0. The van der Waals surface area contributed by atoms with Crippen LogP contribution >= 0.6 is 0 Å². The monoisotopic (exact) mass is 355 g/mol. The van der Waals surface area contributed by atoms with E-state index in [-0.39, 0.29) is 19.1 Å². The van der Waals surface area contributed by atoms with Gasteiger partial charge in [-0.2, -0.15) is 0 Å². The molecule has 0 fully saturated rings. The Bertz CT molecular complexity index is 710.